The molecule has 0 radical (unpaired) electrons. The van der Waals surface area contributed by atoms with Crippen LogP contribution in [0.15, 0.2) is 79.4 Å². The van der Waals surface area contributed by atoms with Crippen LogP contribution in [0.2, 0.25) is 0 Å². The summed E-state index contributed by atoms with van der Waals surface area (Å²) in [5, 5.41) is 14.2. The van der Waals surface area contributed by atoms with Crippen LogP contribution in [0, 0.1) is 15.9 Å². The van der Waals surface area contributed by atoms with E-state index in [1.54, 1.807) is 55.7 Å². The number of carbonyl (C=O) groups is 2. The van der Waals surface area contributed by atoms with E-state index in [0.717, 1.165) is 0 Å². The van der Waals surface area contributed by atoms with Gasteiger partial charge in [0.1, 0.15) is 11.5 Å². The predicted molar refractivity (Wildman–Crippen MR) is 132 cm³/mol. The summed E-state index contributed by atoms with van der Waals surface area (Å²) >= 11 is 0. The number of nitro benzene ring substituents is 1. The lowest BCUT2D eigenvalue weighted by atomic mass is 9.97. The number of nitrogens with one attached hydrogen (secondary N) is 1. The quantitative estimate of drug-likeness (QED) is 0.227. The van der Waals surface area contributed by atoms with Gasteiger partial charge in [-0.3, -0.25) is 19.7 Å². The second kappa shape index (κ2) is 10.2. The minimum absolute atomic E-state index is 0.0332. The molecule has 0 atom stereocenters. The molecule has 1 N–H and O–H groups in total. The van der Waals surface area contributed by atoms with Crippen LogP contribution >= 0.6 is 0 Å². The Balaban J connectivity index is 1.55. The first kappa shape index (κ1) is 24.3. The van der Waals surface area contributed by atoms with E-state index in [4.69, 9.17) is 0 Å². The van der Waals surface area contributed by atoms with Crippen molar-refractivity contribution in [1.82, 2.24) is 14.9 Å². The van der Waals surface area contributed by atoms with Crippen molar-refractivity contribution in [3.63, 3.8) is 0 Å². The molecule has 0 saturated carbocycles. The van der Waals surface area contributed by atoms with Crippen LogP contribution in [0.5, 0.6) is 0 Å². The van der Waals surface area contributed by atoms with Gasteiger partial charge in [-0.05, 0) is 35.9 Å². The zero-order chi connectivity index (χ0) is 25.8. The van der Waals surface area contributed by atoms with Crippen molar-refractivity contribution in [3.05, 3.63) is 118 Å². The molecular formula is C26H22FN5O4. The second-order valence-electron chi connectivity index (χ2n) is 8.17. The zero-order valence-electron chi connectivity index (χ0n) is 19.5. The number of hydrogen-bond acceptors (Lipinski definition) is 6. The summed E-state index contributed by atoms with van der Waals surface area (Å²) in [6.07, 6.45) is 4.65. The number of imidazole rings is 1. The van der Waals surface area contributed by atoms with E-state index < -0.39 is 22.4 Å². The lowest BCUT2D eigenvalue weighted by Gasteiger charge is -2.14. The molecule has 9 nitrogen and oxygen atoms in total. The number of hydrogen-bond donors (Lipinski definition) is 1. The summed E-state index contributed by atoms with van der Waals surface area (Å²) in [7, 11) is 3.33. The molecule has 4 rings (SSSR count). The van der Waals surface area contributed by atoms with Crippen molar-refractivity contribution in [2.45, 2.75) is 6.54 Å². The molecule has 0 aliphatic heterocycles. The minimum Gasteiger partial charge on any atom is -0.372 e. The summed E-state index contributed by atoms with van der Waals surface area (Å²) < 4.78 is 16.1. The number of carbonyl (C=O) groups excluding carboxylic acids is 2. The molecule has 10 heteroatoms. The molecule has 0 fully saturated rings. The average Bonchev–Trinajstić information content (AvgIpc) is 3.41. The number of rotatable bonds is 8. The number of amides is 1. The maximum absolute atomic E-state index is 14.5. The van der Waals surface area contributed by atoms with E-state index in [9.17, 15) is 24.1 Å². The Hall–Kier alpha value is -4.86. The maximum atomic E-state index is 14.5. The molecule has 0 bridgehead atoms. The third kappa shape index (κ3) is 4.97. The largest absolute Gasteiger partial charge is 0.372 e. The van der Waals surface area contributed by atoms with Crippen LogP contribution < -0.4 is 10.2 Å². The molecule has 1 amide bonds. The third-order valence-corrected chi connectivity index (χ3v) is 5.58. The monoisotopic (exact) mass is 487 g/mol. The first-order valence-corrected chi connectivity index (χ1v) is 10.9. The number of nitro groups is 1. The normalized spacial score (nSPS) is 10.6. The molecule has 4 aromatic rings. The molecule has 0 unspecified atom stereocenters. The maximum Gasteiger partial charge on any atom is 0.293 e. The zero-order valence-corrected chi connectivity index (χ0v) is 19.5. The number of aromatic nitrogens is 2. The Kier molecular flexibility index (Phi) is 6.86. The molecule has 3 aromatic carbocycles. The Morgan fingerprint density at radius 1 is 1.08 bits per heavy atom. The van der Waals surface area contributed by atoms with Crippen molar-refractivity contribution in [2.75, 3.05) is 19.0 Å². The van der Waals surface area contributed by atoms with Crippen molar-refractivity contribution < 1.29 is 18.9 Å². The van der Waals surface area contributed by atoms with Crippen molar-refractivity contribution >= 4 is 23.1 Å². The van der Waals surface area contributed by atoms with Crippen molar-refractivity contribution in [2.24, 2.45) is 0 Å². The number of nitrogens with zero attached hydrogens (tertiary/aromatic N) is 4. The predicted octanol–water partition coefficient (Wildman–Crippen LogP) is 4.15. The lowest BCUT2D eigenvalue weighted by molar-refractivity contribution is -0.384. The van der Waals surface area contributed by atoms with Gasteiger partial charge in [-0.15, -0.1) is 0 Å². The van der Waals surface area contributed by atoms with E-state index >= 15 is 0 Å². The SMILES string of the molecule is CN(C)c1ccc(C(=O)c2ccccc2C(=O)NCc2ccc(-n3ccnc3)c(F)c2)cc1[N+](=O)[O-]. The summed E-state index contributed by atoms with van der Waals surface area (Å²) in [6, 6.07) is 15.0. The first-order valence-electron chi connectivity index (χ1n) is 10.9. The molecule has 182 valence electrons. The van der Waals surface area contributed by atoms with Gasteiger partial charge in [-0.25, -0.2) is 9.37 Å². The standard InChI is InChI=1S/C26H22FN5O4/c1-30(2)23-10-8-18(14-24(23)32(35)36)25(33)19-5-3-4-6-20(19)26(34)29-15-17-7-9-22(21(27)13-17)31-12-11-28-16-31/h3-14,16H,15H2,1-2H3,(H,29,34). The number of benzene rings is 3. The smallest absolute Gasteiger partial charge is 0.293 e. The van der Waals surface area contributed by atoms with E-state index in [0.29, 0.717) is 16.9 Å². The number of anilines is 1. The van der Waals surface area contributed by atoms with Crippen LogP contribution in [0.1, 0.15) is 31.8 Å². The van der Waals surface area contributed by atoms with Gasteiger partial charge in [-0.1, -0.05) is 24.3 Å². The average molecular weight is 487 g/mol. The molecule has 0 saturated heterocycles. The lowest BCUT2D eigenvalue weighted by Crippen LogP contribution is -2.25. The second-order valence-corrected chi connectivity index (χ2v) is 8.17. The summed E-state index contributed by atoms with van der Waals surface area (Å²) in [4.78, 5) is 42.6. The fraction of sp³-hybridized carbons (Fsp3) is 0.115. The molecule has 1 aromatic heterocycles. The molecule has 0 spiro atoms. The Labute approximate surface area is 206 Å². The van der Waals surface area contributed by atoms with Gasteiger partial charge in [0.25, 0.3) is 11.6 Å². The van der Waals surface area contributed by atoms with Crippen molar-refractivity contribution in [1.29, 1.82) is 0 Å². The highest BCUT2D eigenvalue weighted by Crippen LogP contribution is 2.29. The Morgan fingerprint density at radius 2 is 1.83 bits per heavy atom. The fourth-order valence-electron chi connectivity index (χ4n) is 3.77. The first-order chi connectivity index (χ1) is 17.3. The molecular weight excluding hydrogens is 465 g/mol. The van der Waals surface area contributed by atoms with E-state index in [-0.39, 0.29) is 28.9 Å². The highest BCUT2D eigenvalue weighted by atomic mass is 19.1. The van der Waals surface area contributed by atoms with Gasteiger partial charge in [0.2, 0.25) is 0 Å². The van der Waals surface area contributed by atoms with Crippen LogP contribution in [-0.4, -0.2) is 40.3 Å². The van der Waals surface area contributed by atoms with Crippen LogP contribution in [0.25, 0.3) is 5.69 Å². The summed E-state index contributed by atoms with van der Waals surface area (Å²) in [5.74, 6) is -1.53. The van der Waals surface area contributed by atoms with Gasteiger partial charge in [0.15, 0.2) is 5.78 Å². The van der Waals surface area contributed by atoms with Crippen LogP contribution in [0.4, 0.5) is 15.8 Å². The minimum atomic E-state index is -0.554. The van der Waals surface area contributed by atoms with E-state index in [2.05, 4.69) is 10.3 Å². The Bertz CT molecular complexity index is 1450. The van der Waals surface area contributed by atoms with Gasteiger partial charge in [-0.2, -0.15) is 0 Å². The summed E-state index contributed by atoms with van der Waals surface area (Å²) in [5.41, 5.74) is 1.30. The third-order valence-electron chi connectivity index (χ3n) is 5.58. The topological polar surface area (TPSA) is 110 Å². The number of ketones is 1. The van der Waals surface area contributed by atoms with Gasteiger partial charge >= 0.3 is 0 Å². The number of halogens is 1. The van der Waals surface area contributed by atoms with Crippen LogP contribution in [-0.2, 0) is 6.54 Å². The molecule has 0 aliphatic rings. The van der Waals surface area contributed by atoms with Gasteiger partial charge in [0.05, 0.1) is 22.5 Å². The van der Waals surface area contributed by atoms with Gasteiger partial charge < -0.3 is 14.8 Å². The van der Waals surface area contributed by atoms with Gasteiger partial charge in [0, 0.05) is 50.2 Å². The molecule has 0 aliphatic carbocycles. The summed E-state index contributed by atoms with van der Waals surface area (Å²) in [6.45, 7) is 0.0332. The highest BCUT2D eigenvalue weighted by Gasteiger charge is 2.22. The molecule has 1 heterocycles. The molecule has 36 heavy (non-hydrogen) atoms. The van der Waals surface area contributed by atoms with Crippen molar-refractivity contribution in [3.8, 4) is 5.69 Å². The van der Waals surface area contributed by atoms with E-state index in [1.807, 2.05) is 0 Å². The van der Waals surface area contributed by atoms with Crippen LogP contribution in [0.3, 0.4) is 0 Å². The Morgan fingerprint density at radius 3 is 2.47 bits per heavy atom. The fourth-order valence-corrected chi connectivity index (χ4v) is 3.77. The van der Waals surface area contributed by atoms with E-state index in [1.165, 1.54) is 47.3 Å². The highest BCUT2D eigenvalue weighted by molar-refractivity contribution is 6.15.